The lowest BCUT2D eigenvalue weighted by atomic mass is 9.89. The van der Waals surface area contributed by atoms with Gasteiger partial charge in [0.05, 0.1) is 0 Å². The number of carbonyl (C=O) groups is 1. The first kappa shape index (κ1) is 12.9. The van der Waals surface area contributed by atoms with E-state index < -0.39 is 5.66 Å². The van der Waals surface area contributed by atoms with Gasteiger partial charge >= 0.3 is 0 Å². The third-order valence-corrected chi connectivity index (χ3v) is 4.65. The van der Waals surface area contributed by atoms with E-state index in [4.69, 9.17) is 11.6 Å². The van der Waals surface area contributed by atoms with Crippen LogP contribution in [0.15, 0.2) is 48.5 Å². The summed E-state index contributed by atoms with van der Waals surface area (Å²) in [6.07, 6.45) is 0.967. The average molecular weight is 299 g/mol. The molecular weight excluding hydrogens is 284 g/mol. The fourth-order valence-corrected chi connectivity index (χ4v) is 3.63. The molecule has 2 aliphatic rings. The van der Waals surface area contributed by atoms with Crippen molar-refractivity contribution in [3.8, 4) is 0 Å². The number of benzene rings is 2. The normalized spacial score (nSPS) is 23.9. The summed E-state index contributed by atoms with van der Waals surface area (Å²) in [6, 6.07) is 15.6. The molecular formula is C17H15ClN2O. The van der Waals surface area contributed by atoms with Gasteiger partial charge in [0.25, 0.3) is 5.91 Å². The zero-order valence-electron chi connectivity index (χ0n) is 11.5. The van der Waals surface area contributed by atoms with Crippen molar-refractivity contribution < 1.29 is 4.79 Å². The van der Waals surface area contributed by atoms with Crippen LogP contribution in [0.3, 0.4) is 0 Å². The van der Waals surface area contributed by atoms with Crippen molar-refractivity contribution in [2.45, 2.75) is 12.1 Å². The average Bonchev–Trinajstić information content (AvgIpc) is 2.80. The molecule has 0 spiro atoms. The molecule has 1 amide bonds. The van der Waals surface area contributed by atoms with Gasteiger partial charge in [-0.25, -0.2) is 0 Å². The molecule has 4 rings (SSSR count). The summed E-state index contributed by atoms with van der Waals surface area (Å²) in [5.74, 6) is 0.104. The topological polar surface area (TPSA) is 32.3 Å². The molecule has 2 aromatic carbocycles. The highest BCUT2D eigenvalue weighted by atomic mass is 35.5. The summed E-state index contributed by atoms with van der Waals surface area (Å²) in [5, 5.41) is 4.28. The van der Waals surface area contributed by atoms with Gasteiger partial charge in [0.2, 0.25) is 0 Å². The number of amides is 1. The van der Waals surface area contributed by atoms with E-state index in [1.807, 2.05) is 53.4 Å². The highest BCUT2D eigenvalue weighted by Gasteiger charge is 2.51. The lowest BCUT2D eigenvalue weighted by molar-refractivity contribution is 0.0457. The van der Waals surface area contributed by atoms with E-state index in [9.17, 15) is 4.79 Å². The first-order chi connectivity index (χ1) is 10.2. The zero-order chi connectivity index (χ0) is 14.4. The van der Waals surface area contributed by atoms with Crippen LogP contribution in [0, 0.1) is 0 Å². The third kappa shape index (κ3) is 1.68. The van der Waals surface area contributed by atoms with Gasteiger partial charge in [0.15, 0.2) is 0 Å². The number of nitrogens with zero attached hydrogens (tertiary/aromatic N) is 1. The molecule has 2 heterocycles. The minimum absolute atomic E-state index is 0.104. The summed E-state index contributed by atoms with van der Waals surface area (Å²) in [5.41, 5.74) is 2.35. The van der Waals surface area contributed by atoms with E-state index in [0.717, 1.165) is 36.2 Å². The number of hydrogen-bond acceptors (Lipinski definition) is 2. The number of carbonyl (C=O) groups excluding carboxylic acids is 1. The Morgan fingerprint density at radius 1 is 1.10 bits per heavy atom. The first-order valence-corrected chi connectivity index (χ1v) is 7.54. The molecule has 4 heteroatoms. The minimum atomic E-state index is -0.545. The maximum absolute atomic E-state index is 12.7. The predicted octanol–water partition coefficient (Wildman–Crippen LogP) is 2.99. The van der Waals surface area contributed by atoms with Crippen LogP contribution >= 0.6 is 11.6 Å². The molecule has 2 aromatic rings. The molecule has 0 aliphatic carbocycles. The smallest absolute Gasteiger partial charge is 0.256 e. The van der Waals surface area contributed by atoms with Crippen LogP contribution in [-0.2, 0) is 5.66 Å². The van der Waals surface area contributed by atoms with Crippen LogP contribution in [0.1, 0.15) is 27.9 Å². The van der Waals surface area contributed by atoms with Crippen molar-refractivity contribution in [2.75, 3.05) is 13.1 Å². The van der Waals surface area contributed by atoms with E-state index in [1.54, 1.807) is 0 Å². The Hall–Kier alpha value is -1.84. The summed E-state index contributed by atoms with van der Waals surface area (Å²) in [6.45, 7) is 1.66. The van der Waals surface area contributed by atoms with Crippen LogP contribution in [-0.4, -0.2) is 23.9 Å². The van der Waals surface area contributed by atoms with E-state index in [0.29, 0.717) is 5.02 Å². The summed E-state index contributed by atoms with van der Waals surface area (Å²) < 4.78 is 0. The molecule has 1 N–H and O–H groups in total. The number of halogens is 1. The van der Waals surface area contributed by atoms with Crippen molar-refractivity contribution >= 4 is 17.5 Å². The van der Waals surface area contributed by atoms with Crippen molar-refractivity contribution in [2.24, 2.45) is 0 Å². The largest absolute Gasteiger partial charge is 0.312 e. The van der Waals surface area contributed by atoms with Crippen LogP contribution in [0.25, 0.3) is 0 Å². The Morgan fingerprint density at radius 3 is 2.67 bits per heavy atom. The van der Waals surface area contributed by atoms with Gasteiger partial charge in [-0.15, -0.1) is 0 Å². The van der Waals surface area contributed by atoms with E-state index >= 15 is 0 Å². The van der Waals surface area contributed by atoms with Crippen LogP contribution in [0.2, 0.25) is 5.02 Å². The molecule has 3 nitrogen and oxygen atoms in total. The third-order valence-electron chi connectivity index (χ3n) is 4.40. The summed E-state index contributed by atoms with van der Waals surface area (Å²) in [7, 11) is 0. The maximum atomic E-state index is 12.7. The van der Waals surface area contributed by atoms with Gasteiger partial charge in [0, 0.05) is 22.7 Å². The van der Waals surface area contributed by atoms with Crippen molar-refractivity contribution in [1.82, 2.24) is 10.2 Å². The number of rotatable bonds is 1. The summed E-state index contributed by atoms with van der Waals surface area (Å²) in [4.78, 5) is 14.7. The lowest BCUT2D eigenvalue weighted by Gasteiger charge is -2.44. The molecule has 1 fully saturated rings. The molecule has 2 aliphatic heterocycles. The zero-order valence-corrected chi connectivity index (χ0v) is 12.2. The molecule has 0 aromatic heterocycles. The maximum Gasteiger partial charge on any atom is 0.256 e. The second-order valence-electron chi connectivity index (χ2n) is 5.50. The molecule has 1 atom stereocenters. The highest BCUT2D eigenvalue weighted by Crippen LogP contribution is 2.43. The van der Waals surface area contributed by atoms with Gasteiger partial charge in [0.1, 0.15) is 5.66 Å². The van der Waals surface area contributed by atoms with Gasteiger partial charge in [-0.1, -0.05) is 41.9 Å². The van der Waals surface area contributed by atoms with Gasteiger partial charge in [-0.3, -0.25) is 10.1 Å². The minimum Gasteiger partial charge on any atom is -0.312 e. The molecule has 0 unspecified atom stereocenters. The highest BCUT2D eigenvalue weighted by molar-refractivity contribution is 6.30. The Labute approximate surface area is 128 Å². The first-order valence-electron chi connectivity index (χ1n) is 7.16. The molecule has 106 valence electrons. The molecule has 0 radical (unpaired) electrons. The Kier molecular flexibility index (Phi) is 2.81. The molecule has 21 heavy (non-hydrogen) atoms. The van der Waals surface area contributed by atoms with E-state index in [1.165, 1.54) is 0 Å². The Bertz CT molecular complexity index is 713. The fraction of sp³-hybridized carbons (Fsp3) is 0.235. The van der Waals surface area contributed by atoms with E-state index in [2.05, 4.69) is 5.32 Å². The number of nitrogens with one attached hydrogen (secondary N) is 1. The fourth-order valence-electron chi connectivity index (χ4n) is 3.50. The predicted molar refractivity (Wildman–Crippen MR) is 82.3 cm³/mol. The van der Waals surface area contributed by atoms with Gasteiger partial charge < -0.3 is 4.90 Å². The van der Waals surface area contributed by atoms with Gasteiger partial charge in [-0.2, -0.15) is 0 Å². The van der Waals surface area contributed by atoms with Crippen molar-refractivity contribution in [3.05, 3.63) is 70.2 Å². The monoisotopic (exact) mass is 298 g/mol. The molecule has 0 bridgehead atoms. The van der Waals surface area contributed by atoms with Gasteiger partial charge in [-0.05, 0) is 36.7 Å². The second kappa shape index (κ2) is 4.58. The van der Waals surface area contributed by atoms with Crippen LogP contribution < -0.4 is 5.32 Å². The lowest BCUT2D eigenvalue weighted by Crippen LogP contribution is -2.59. The number of fused-ring (bicyclic) bond motifs is 3. The number of hydrogen-bond donors (Lipinski definition) is 1. The summed E-state index contributed by atoms with van der Waals surface area (Å²) >= 11 is 6.02. The molecule has 1 saturated heterocycles. The molecule has 0 saturated carbocycles. The SMILES string of the molecule is O=C1c2ccccc2[C@]2(c3ccc(Cl)cc3)NCCCN12. The van der Waals surface area contributed by atoms with E-state index in [-0.39, 0.29) is 5.91 Å². The Morgan fingerprint density at radius 2 is 1.86 bits per heavy atom. The van der Waals surface area contributed by atoms with Crippen molar-refractivity contribution in [1.29, 1.82) is 0 Å². The van der Waals surface area contributed by atoms with Crippen molar-refractivity contribution in [3.63, 3.8) is 0 Å². The second-order valence-corrected chi connectivity index (χ2v) is 5.94. The standard InChI is InChI=1S/C17H15ClN2O/c18-13-8-6-12(7-9-13)17-15-5-2-1-4-14(15)16(21)20(17)11-3-10-19-17/h1-2,4-9,19H,3,10-11H2/t17-/m1/s1. The quantitative estimate of drug-likeness (QED) is 0.878. The Balaban J connectivity index is 1.98. The van der Waals surface area contributed by atoms with Crippen LogP contribution in [0.4, 0.5) is 0 Å². The van der Waals surface area contributed by atoms with Crippen LogP contribution in [0.5, 0.6) is 0 Å².